The molecule has 0 aliphatic rings. The first-order valence-electron chi connectivity index (χ1n) is 10.4. The predicted octanol–water partition coefficient (Wildman–Crippen LogP) is 6.24. The summed E-state index contributed by atoms with van der Waals surface area (Å²) in [6, 6.07) is 7.24. The van der Waals surface area contributed by atoms with Crippen LogP contribution in [-0.2, 0) is 12.4 Å². The average Bonchev–Trinajstić information content (AvgIpc) is 3.31. The Balaban J connectivity index is 1.56. The molecule has 4 aromatic rings. The van der Waals surface area contributed by atoms with Gasteiger partial charge in [-0.15, -0.1) is 0 Å². The van der Waals surface area contributed by atoms with Gasteiger partial charge in [0.2, 0.25) is 0 Å². The van der Waals surface area contributed by atoms with Gasteiger partial charge in [-0.2, -0.15) is 31.4 Å². The highest BCUT2D eigenvalue weighted by Gasteiger charge is 2.39. The third-order valence-electron chi connectivity index (χ3n) is 5.35. The lowest BCUT2D eigenvalue weighted by Gasteiger charge is -2.20. The zero-order valence-electron chi connectivity index (χ0n) is 18.5. The summed E-state index contributed by atoms with van der Waals surface area (Å²) in [5.41, 5.74) is -1.61. The van der Waals surface area contributed by atoms with Gasteiger partial charge in [0.05, 0.1) is 40.3 Å². The van der Waals surface area contributed by atoms with Gasteiger partial charge in [-0.1, -0.05) is 12.1 Å². The van der Waals surface area contributed by atoms with E-state index in [9.17, 15) is 31.1 Å². The van der Waals surface area contributed by atoms with Crippen LogP contribution in [0.2, 0.25) is 0 Å². The van der Waals surface area contributed by atoms with E-state index in [1.165, 1.54) is 25.5 Å². The lowest BCUT2D eigenvalue weighted by molar-refractivity contribution is -0.143. The van der Waals surface area contributed by atoms with Crippen LogP contribution < -0.4 is 5.32 Å². The van der Waals surface area contributed by atoms with E-state index in [0.717, 1.165) is 10.7 Å². The second kappa shape index (κ2) is 9.44. The summed E-state index contributed by atoms with van der Waals surface area (Å²) in [4.78, 5) is 20.9. The Morgan fingerprint density at radius 1 is 0.972 bits per heavy atom. The molecule has 36 heavy (non-hydrogen) atoms. The molecule has 0 saturated heterocycles. The van der Waals surface area contributed by atoms with E-state index in [-0.39, 0.29) is 17.3 Å². The molecular formula is C24H17F6N5O. The van der Waals surface area contributed by atoms with Crippen molar-refractivity contribution in [3.05, 3.63) is 95.7 Å². The second-order valence-corrected chi connectivity index (χ2v) is 7.81. The predicted molar refractivity (Wildman–Crippen MR) is 118 cm³/mol. The van der Waals surface area contributed by atoms with E-state index >= 15 is 0 Å². The molecular weight excluding hydrogens is 488 g/mol. The van der Waals surface area contributed by atoms with Crippen LogP contribution in [0.1, 0.15) is 40.0 Å². The van der Waals surface area contributed by atoms with Crippen molar-refractivity contribution in [3.8, 4) is 11.3 Å². The Bertz CT molecular complexity index is 1380. The number of amides is 1. The van der Waals surface area contributed by atoms with Gasteiger partial charge in [-0.05, 0) is 42.8 Å². The molecule has 0 saturated carbocycles. The summed E-state index contributed by atoms with van der Waals surface area (Å²) in [5.74, 6) is -0.544. The molecule has 0 aliphatic heterocycles. The fourth-order valence-corrected chi connectivity index (χ4v) is 3.54. The molecule has 3 heterocycles. The van der Waals surface area contributed by atoms with Crippen molar-refractivity contribution in [1.82, 2.24) is 19.7 Å². The molecule has 0 fully saturated rings. The molecule has 0 radical (unpaired) electrons. The Morgan fingerprint density at radius 3 is 2.42 bits per heavy atom. The number of halogens is 6. The number of pyridine rings is 2. The standard InChI is InChI=1S/C24H17F6N5O/c1-14(19-6-5-17(23(25,26)27)9-20(19)24(28,29)30)35-13-18(12-33-35)34-22(36)16-8-15(10-31-11-16)21-4-2-3-7-32-21/h2-14H,1H3,(H,34,36). The molecule has 1 unspecified atom stereocenters. The minimum Gasteiger partial charge on any atom is -0.319 e. The number of aromatic nitrogens is 4. The molecule has 6 nitrogen and oxygen atoms in total. The van der Waals surface area contributed by atoms with Crippen LogP contribution in [0, 0.1) is 0 Å². The van der Waals surface area contributed by atoms with Gasteiger partial charge in [0.1, 0.15) is 0 Å². The summed E-state index contributed by atoms with van der Waals surface area (Å²) >= 11 is 0. The quantitative estimate of drug-likeness (QED) is 0.326. The Morgan fingerprint density at radius 2 is 1.75 bits per heavy atom. The SMILES string of the molecule is CC(c1ccc(C(F)(F)F)cc1C(F)(F)F)n1cc(NC(=O)c2cncc(-c3ccccn3)c2)cn1. The number of carbonyl (C=O) groups excluding carboxylic acids is 1. The van der Waals surface area contributed by atoms with E-state index in [1.807, 2.05) is 0 Å². The number of benzene rings is 1. The van der Waals surface area contributed by atoms with Crippen molar-refractivity contribution in [1.29, 1.82) is 0 Å². The van der Waals surface area contributed by atoms with Gasteiger partial charge in [-0.3, -0.25) is 19.4 Å². The van der Waals surface area contributed by atoms with Crippen LogP contribution in [-0.4, -0.2) is 25.7 Å². The minimum absolute atomic E-state index is 0.0829. The van der Waals surface area contributed by atoms with Gasteiger partial charge in [0, 0.05) is 30.4 Å². The molecule has 0 aliphatic carbocycles. The lowest BCUT2D eigenvalue weighted by Crippen LogP contribution is -2.17. The van der Waals surface area contributed by atoms with E-state index in [4.69, 9.17) is 0 Å². The molecule has 1 aromatic carbocycles. The van der Waals surface area contributed by atoms with Crippen LogP contribution in [0.25, 0.3) is 11.3 Å². The van der Waals surface area contributed by atoms with Crippen molar-refractivity contribution in [2.45, 2.75) is 25.3 Å². The summed E-state index contributed by atoms with van der Waals surface area (Å²) < 4.78 is 80.7. The first-order valence-corrected chi connectivity index (χ1v) is 10.4. The van der Waals surface area contributed by atoms with Gasteiger partial charge in [0.15, 0.2) is 0 Å². The number of alkyl halides is 6. The highest BCUT2D eigenvalue weighted by Crippen LogP contribution is 2.39. The van der Waals surface area contributed by atoms with Gasteiger partial charge < -0.3 is 5.32 Å². The maximum Gasteiger partial charge on any atom is 0.416 e. The van der Waals surface area contributed by atoms with E-state index < -0.39 is 41.0 Å². The number of hydrogen-bond acceptors (Lipinski definition) is 4. The molecule has 186 valence electrons. The number of nitrogens with one attached hydrogen (secondary N) is 1. The Kier molecular flexibility index (Phi) is 6.53. The summed E-state index contributed by atoms with van der Waals surface area (Å²) in [6.45, 7) is 1.36. The second-order valence-electron chi connectivity index (χ2n) is 7.81. The first kappa shape index (κ1) is 24.9. The van der Waals surface area contributed by atoms with Crippen molar-refractivity contribution in [2.24, 2.45) is 0 Å². The first-order chi connectivity index (χ1) is 16.9. The zero-order chi connectivity index (χ0) is 26.1. The molecule has 12 heteroatoms. The lowest BCUT2D eigenvalue weighted by atomic mass is 9.98. The van der Waals surface area contributed by atoms with Crippen molar-refractivity contribution < 1.29 is 31.1 Å². The number of rotatable bonds is 5. The largest absolute Gasteiger partial charge is 0.416 e. The number of anilines is 1. The topological polar surface area (TPSA) is 72.7 Å². The molecule has 4 rings (SSSR count). The van der Waals surface area contributed by atoms with Crippen molar-refractivity contribution in [2.75, 3.05) is 5.32 Å². The number of hydrogen-bond donors (Lipinski definition) is 1. The smallest absolute Gasteiger partial charge is 0.319 e. The third kappa shape index (κ3) is 5.37. The Labute approximate surface area is 200 Å². The summed E-state index contributed by atoms with van der Waals surface area (Å²) in [6.07, 6.45) is -2.95. The maximum absolute atomic E-state index is 13.5. The van der Waals surface area contributed by atoms with Crippen LogP contribution >= 0.6 is 0 Å². The van der Waals surface area contributed by atoms with Crippen molar-refractivity contribution >= 4 is 11.6 Å². The number of nitrogens with zero attached hydrogens (tertiary/aromatic N) is 4. The summed E-state index contributed by atoms with van der Waals surface area (Å²) in [5, 5.41) is 6.57. The van der Waals surface area contributed by atoms with Crippen LogP contribution in [0.5, 0.6) is 0 Å². The van der Waals surface area contributed by atoms with Crippen LogP contribution in [0.3, 0.4) is 0 Å². The highest BCUT2D eigenvalue weighted by atomic mass is 19.4. The zero-order valence-corrected chi connectivity index (χ0v) is 18.5. The van der Waals surface area contributed by atoms with E-state index in [2.05, 4.69) is 20.4 Å². The van der Waals surface area contributed by atoms with E-state index in [0.29, 0.717) is 17.3 Å². The summed E-state index contributed by atoms with van der Waals surface area (Å²) in [7, 11) is 0. The van der Waals surface area contributed by atoms with Crippen molar-refractivity contribution in [3.63, 3.8) is 0 Å². The molecule has 1 N–H and O–H groups in total. The molecule has 0 bridgehead atoms. The number of carbonyl (C=O) groups is 1. The average molecular weight is 505 g/mol. The van der Waals surface area contributed by atoms with Crippen LogP contribution in [0.4, 0.5) is 32.0 Å². The van der Waals surface area contributed by atoms with E-state index in [1.54, 1.807) is 36.7 Å². The molecule has 1 amide bonds. The van der Waals surface area contributed by atoms with Crippen LogP contribution in [0.15, 0.2) is 73.4 Å². The monoisotopic (exact) mass is 505 g/mol. The Hall–Kier alpha value is -4.22. The molecule has 0 spiro atoms. The minimum atomic E-state index is -5.01. The molecule has 3 aromatic heterocycles. The third-order valence-corrected chi connectivity index (χ3v) is 5.35. The van der Waals surface area contributed by atoms with Gasteiger partial charge in [0.25, 0.3) is 5.91 Å². The maximum atomic E-state index is 13.5. The van der Waals surface area contributed by atoms with Gasteiger partial charge in [-0.25, -0.2) is 0 Å². The fourth-order valence-electron chi connectivity index (χ4n) is 3.54. The highest BCUT2D eigenvalue weighted by molar-refractivity contribution is 6.04. The molecule has 1 atom stereocenters. The fraction of sp³-hybridized carbons (Fsp3) is 0.167. The normalized spacial score (nSPS) is 12.9. The van der Waals surface area contributed by atoms with Gasteiger partial charge >= 0.3 is 12.4 Å².